The van der Waals surface area contributed by atoms with Gasteiger partial charge in [0.25, 0.3) is 0 Å². The van der Waals surface area contributed by atoms with E-state index in [4.69, 9.17) is 6.57 Å². The number of fused-ring (bicyclic) bond motifs is 14. The molecule has 19 rings (SSSR count). The average Bonchev–Trinajstić information content (AvgIpc) is 1.22. The Morgan fingerprint density at radius 2 is 0.743 bits per heavy atom. The minimum atomic E-state index is -1.55. The second kappa shape index (κ2) is 26.1. The topological polar surface area (TPSA) is 44.5 Å². The van der Waals surface area contributed by atoms with Gasteiger partial charge in [0, 0.05) is 0 Å². The number of aromatic nitrogens is 2. The van der Waals surface area contributed by atoms with Gasteiger partial charge < -0.3 is 0 Å². The van der Waals surface area contributed by atoms with Gasteiger partial charge in [-0.3, -0.25) is 0 Å². The Balaban J connectivity index is 1.09. The van der Waals surface area contributed by atoms with Crippen LogP contribution in [-0.4, -0.2) is 44.9 Å². The van der Waals surface area contributed by atoms with Gasteiger partial charge in [-0.2, -0.15) is 0 Å². The van der Waals surface area contributed by atoms with E-state index in [1.54, 1.807) is 0 Å². The van der Waals surface area contributed by atoms with Gasteiger partial charge >= 0.3 is 706 Å². The Morgan fingerprint density at radius 1 is 0.381 bits per heavy atom. The number of rotatable bonds is 8. The van der Waals surface area contributed by atoms with Gasteiger partial charge in [-0.05, 0) is 0 Å². The molecule has 0 spiro atoms. The predicted molar refractivity (Wildman–Crippen MR) is 484 cm³/mol. The molecule has 13 aromatic carbocycles. The van der Waals surface area contributed by atoms with Crippen molar-refractivity contribution >= 4 is 153 Å². The van der Waals surface area contributed by atoms with Crippen LogP contribution in [0.25, 0.3) is 121 Å². The van der Waals surface area contributed by atoms with E-state index >= 15 is 0 Å². The molecule has 0 aliphatic carbocycles. The van der Waals surface area contributed by atoms with E-state index in [1.807, 2.05) is 179 Å². The van der Waals surface area contributed by atoms with Crippen LogP contribution in [0.4, 0.5) is 39.8 Å². The van der Waals surface area contributed by atoms with E-state index in [2.05, 4.69) is 104 Å². The van der Waals surface area contributed by atoms with Crippen LogP contribution in [0.15, 0.2) is 266 Å². The zero-order valence-corrected chi connectivity index (χ0v) is 69.0. The van der Waals surface area contributed by atoms with Crippen LogP contribution in [0.5, 0.6) is 0 Å². The predicted octanol–water partition coefficient (Wildman–Crippen LogP) is 26.0. The third-order valence-electron chi connectivity index (χ3n) is 22.1. The maximum absolute atomic E-state index is 12.1. The third-order valence-corrected chi connectivity index (χ3v) is 26.7. The van der Waals surface area contributed by atoms with Crippen LogP contribution >= 0.6 is 0 Å². The molecule has 2 aliphatic rings. The normalized spacial score (nSPS) is 15.4. The fraction of sp³-hybridized carbons (Fsp3) is 0.192. The maximum atomic E-state index is 12.1. The molecule has 6 nitrogen and oxygen atoms in total. The summed E-state index contributed by atoms with van der Waals surface area (Å²) in [6.45, 7) is 37.1. The first-order chi connectivity index (χ1) is 61.7. The molecule has 113 heavy (non-hydrogen) atoms. The molecule has 0 saturated heterocycles. The quantitative estimate of drug-likeness (QED) is 0.112. The van der Waals surface area contributed by atoms with Gasteiger partial charge in [-0.15, -0.1) is 0 Å². The van der Waals surface area contributed by atoms with E-state index in [0.717, 1.165) is 33.4 Å². The van der Waals surface area contributed by atoms with Crippen molar-refractivity contribution in [2.45, 2.75) is 131 Å². The number of hydrogen-bond acceptors (Lipinski definition) is 3. The molecule has 6 heterocycles. The van der Waals surface area contributed by atoms with E-state index < -0.39 is 147 Å². The summed E-state index contributed by atoms with van der Waals surface area (Å²) >= 11 is -2.34. The Bertz CT molecular complexity index is 7470. The molecule has 0 fully saturated rings. The Labute approximate surface area is 701 Å². The Morgan fingerprint density at radius 3 is 1.11 bits per heavy atom. The summed E-state index contributed by atoms with van der Waals surface area (Å²) in [6.07, 6.45) is 0. The van der Waals surface area contributed by atoms with Crippen LogP contribution < -0.4 is 26.2 Å². The zero-order chi connectivity index (χ0) is 93.9. The van der Waals surface area contributed by atoms with E-state index in [-0.39, 0.29) is 142 Å². The first-order valence-electron chi connectivity index (χ1n) is 47.1. The fourth-order valence-electron chi connectivity index (χ4n) is 16.2. The average molecular weight is 1610 g/mol. The van der Waals surface area contributed by atoms with Crippen molar-refractivity contribution < 1.29 is 24.7 Å². The summed E-state index contributed by atoms with van der Waals surface area (Å²) in [5.41, 5.74) is 5.01. The Kier molecular flexibility index (Phi) is 12.5. The molecule has 0 saturated carbocycles. The third kappa shape index (κ3) is 11.7. The standard InChI is InChI=1S/C104H89BN6Se2/c1-100(2,3)67-38-47-91-81(50-67)93-79-49-62(61-106)37-45-85(79)108(98(93)112-91)73-41-43-83-87(59-73)110(96-75(63-29-21-17-22-30-63)52-69(102(7,8)9)53-76(96)64-31-23-18-24-32-64)89-56-71(104(13,14)15)57-90-95(89)105(83)84-44-42-74(109-86-46-40-72(107-16)58-80(86)94-82-51-68(101(4,5)6)39-48-92(82)113-99(94)109)60-88(84)111(90)97-77(65-33-25-19-26-34-65)54-70(103(10,11)12)55-78(97)66-35-27-20-28-36-66/h17-60H,1-15H3/i37D,38D,39D,40D,41D,42D,43D,44D,45D,46D,47D,48D,49D,50D,51D,58D,59D,60D. The summed E-state index contributed by atoms with van der Waals surface area (Å²) in [5.74, 6) is 0. The van der Waals surface area contributed by atoms with Gasteiger partial charge in [0.2, 0.25) is 0 Å². The Hall–Kier alpha value is -11.4. The number of benzene rings is 13. The van der Waals surface area contributed by atoms with Crippen LogP contribution in [0.1, 0.15) is 162 Å². The van der Waals surface area contributed by atoms with Crippen LogP contribution in [-0.2, 0) is 27.1 Å². The number of anilines is 6. The zero-order valence-electron chi connectivity index (χ0n) is 83.6. The van der Waals surface area contributed by atoms with Crippen molar-refractivity contribution in [2.75, 3.05) is 9.80 Å². The summed E-state index contributed by atoms with van der Waals surface area (Å²) in [7, 11) is 0. The molecule has 2 aliphatic heterocycles. The molecule has 17 aromatic rings. The van der Waals surface area contributed by atoms with Crippen LogP contribution in [0.2, 0.25) is 0 Å². The van der Waals surface area contributed by atoms with Crippen molar-refractivity contribution in [1.29, 1.82) is 5.26 Å². The van der Waals surface area contributed by atoms with Gasteiger partial charge in [0.1, 0.15) is 0 Å². The fourth-order valence-corrected chi connectivity index (χ4v) is 20.9. The van der Waals surface area contributed by atoms with Gasteiger partial charge in [-0.1, -0.05) is 0 Å². The molecule has 4 aromatic heterocycles. The number of nitriles is 1. The molecular weight excluding hydrogens is 1500 g/mol. The second-order valence-electron chi connectivity index (χ2n) is 34.8. The van der Waals surface area contributed by atoms with Crippen molar-refractivity contribution in [3.63, 3.8) is 0 Å². The van der Waals surface area contributed by atoms with Crippen molar-refractivity contribution in [3.05, 3.63) is 311 Å². The second-order valence-corrected chi connectivity index (χ2v) is 39.0. The number of hydrogen-bond donors (Lipinski definition) is 0. The monoisotopic (exact) mass is 1610 g/mol. The van der Waals surface area contributed by atoms with Gasteiger partial charge in [0.15, 0.2) is 0 Å². The first kappa shape index (κ1) is 54.3. The van der Waals surface area contributed by atoms with E-state index in [9.17, 15) is 29.9 Å². The van der Waals surface area contributed by atoms with Crippen LogP contribution in [0.3, 0.4) is 0 Å². The van der Waals surface area contributed by atoms with Crippen molar-refractivity contribution in [2.24, 2.45) is 0 Å². The van der Waals surface area contributed by atoms with Gasteiger partial charge in [-0.25, -0.2) is 0 Å². The summed E-state index contributed by atoms with van der Waals surface area (Å²) in [4.78, 5) is 7.73. The van der Waals surface area contributed by atoms with Crippen LogP contribution in [0, 0.1) is 17.9 Å². The number of nitrogens with zero attached hydrogens (tertiary/aromatic N) is 6. The summed E-state index contributed by atoms with van der Waals surface area (Å²) in [5, 5.41) is 11.6. The SMILES string of the molecule is [2H]c1c([2H])c(-n2c3[se]c4c([2H])c([2H])c(C(C)(C)C)c([2H])c4c3c3c([2H])c(C#N)c([2H])c([2H])c32)c([2H])c2c1B1c3c(cc(C(C)(C)C)cc3N(c3c(-c4ccccc4)cc(C(C)(C)C)cc3-c3ccccc3)c3c([2H])c(-n4c5[se]c6c([2H])c([2H])c(C(C)(C)C)c([2H])c6c5c5c([2H])c([N+]#[C-])c([2H])c([2H])c54)c([2H])c([2H])c31)N2c1c(-c2ccccc2)cc(C(C)(C)C)cc1-c1ccccc1. The molecule has 0 N–H and O–H groups in total. The molecule has 9 heteroatoms. The van der Waals surface area contributed by atoms with Crippen molar-refractivity contribution in [1.82, 2.24) is 9.13 Å². The van der Waals surface area contributed by atoms with E-state index in [0.29, 0.717) is 56.0 Å². The molecule has 0 radical (unpaired) electrons. The first-order valence-corrected chi connectivity index (χ1v) is 41.6. The van der Waals surface area contributed by atoms with Crippen molar-refractivity contribution in [3.8, 4) is 62.0 Å². The molecule has 0 atom stereocenters. The molecular formula is C104H89BN6Se2. The van der Waals surface area contributed by atoms with Gasteiger partial charge in [0.05, 0.1) is 0 Å². The molecule has 0 bridgehead atoms. The molecule has 0 amide bonds. The summed E-state index contributed by atoms with van der Waals surface area (Å²) < 4.78 is 194. The van der Waals surface area contributed by atoms with E-state index in [1.165, 1.54) is 9.13 Å². The summed E-state index contributed by atoms with van der Waals surface area (Å²) in [6, 6.07) is 46.7. The molecule has 550 valence electrons. The molecule has 0 unspecified atom stereocenters. The minimum absolute atomic E-state index is 0.0293.